The largest absolute Gasteiger partial charge is 0.508 e. The molecule has 78 heavy (non-hydrogen) atoms. The van der Waals surface area contributed by atoms with Gasteiger partial charge in [-0.15, -0.1) is 11.3 Å². The van der Waals surface area contributed by atoms with Gasteiger partial charge in [0.05, 0.1) is 21.5 Å². The lowest BCUT2D eigenvalue weighted by Crippen LogP contribution is -2.43. The zero-order valence-electron chi connectivity index (χ0n) is 42.8. The molecular formula is C56H54N6O14S2. The number of aliphatic imine (C=N–C) groups is 1. The summed E-state index contributed by atoms with van der Waals surface area (Å²) >= 11 is 2.73. The molecule has 0 bridgehead atoms. The smallest absolute Gasteiger partial charge is 0.415 e. The second-order valence-corrected chi connectivity index (χ2v) is 21.5. The zero-order chi connectivity index (χ0) is 55.8. The number of benzene rings is 5. The highest BCUT2D eigenvalue weighted by molar-refractivity contribution is 8.15. The van der Waals surface area contributed by atoms with E-state index in [0.717, 1.165) is 0 Å². The Morgan fingerprint density at radius 1 is 0.885 bits per heavy atom. The van der Waals surface area contributed by atoms with Crippen molar-refractivity contribution in [1.82, 2.24) is 25.4 Å². The van der Waals surface area contributed by atoms with Gasteiger partial charge >= 0.3 is 12.1 Å². The van der Waals surface area contributed by atoms with Gasteiger partial charge in [-0.25, -0.2) is 19.6 Å². The SMILES string of the molecule is C=c1c(C)c(O)c(=C)c(C(C)(C)CC(=O)N(C)CCN(CCCC(=O)NCCNC(=O)c2ccc3c(c2)C(=O)OC32c3ccc(O)cc3Oc3cc(O)ccc32)C(=O)Oc2ccc3nc(C4=NC(OC=O)CS4)sc3c2)c1O. The lowest BCUT2D eigenvalue weighted by atomic mass is 9.77. The predicted octanol–water partition coefficient (Wildman–Crippen LogP) is 5.76. The van der Waals surface area contributed by atoms with E-state index in [1.807, 2.05) is 0 Å². The molecule has 0 fully saturated rings. The van der Waals surface area contributed by atoms with Crippen LogP contribution in [0, 0.1) is 6.92 Å². The van der Waals surface area contributed by atoms with Crippen molar-refractivity contribution < 1.29 is 68.1 Å². The molecule has 1 aromatic heterocycles. The second kappa shape index (κ2) is 21.8. The first-order valence-corrected chi connectivity index (χ1v) is 26.4. The lowest BCUT2D eigenvalue weighted by molar-refractivity contribution is -0.132. The summed E-state index contributed by atoms with van der Waals surface area (Å²) in [5.74, 6) is -1.24. The Morgan fingerprint density at radius 2 is 1.58 bits per heavy atom. The maximum absolute atomic E-state index is 13.9. The van der Waals surface area contributed by atoms with Crippen LogP contribution in [0.25, 0.3) is 23.4 Å². The molecule has 1 unspecified atom stereocenters. The van der Waals surface area contributed by atoms with Gasteiger partial charge in [0, 0.05) is 120 Å². The highest BCUT2D eigenvalue weighted by atomic mass is 32.2. The molecule has 0 aliphatic carbocycles. The minimum absolute atomic E-state index is 0.00880. The molecule has 6 N–H and O–H groups in total. The van der Waals surface area contributed by atoms with E-state index in [1.54, 1.807) is 70.3 Å². The van der Waals surface area contributed by atoms with Crippen molar-refractivity contribution in [3.8, 4) is 40.2 Å². The normalized spacial score (nSPS) is 14.8. The van der Waals surface area contributed by atoms with Crippen LogP contribution >= 0.6 is 23.1 Å². The number of esters is 1. The minimum atomic E-state index is -1.49. The van der Waals surface area contributed by atoms with Crippen LogP contribution in [-0.4, -0.2) is 128 Å². The third kappa shape index (κ3) is 10.6. The Morgan fingerprint density at radius 3 is 2.28 bits per heavy atom. The Balaban J connectivity index is 0.821. The Kier molecular flexibility index (Phi) is 15.1. The van der Waals surface area contributed by atoms with E-state index < -0.39 is 35.2 Å². The number of phenolic OH excluding ortho intramolecular Hbond substituents is 4. The highest BCUT2D eigenvalue weighted by Gasteiger charge is 2.54. The number of thiazole rings is 1. The van der Waals surface area contributed by atoms with Crippen molar-refractivity contribution in [2.45, 2.75) is 57.3 Å². The number of thioether (sulfide) groups is 1. The summed E-state index contributed by atoms with van der Waals surface area (Å²) in [5, 5.41) is 49.4. The Bertz CT molecular complexity index is 3550. The monoisotopic (exact) mass is 1100 g/mol. The van der Waals surface area contributed by atoms with Crippen molar-refractivity contribution in [3.63, 3.8) is 0 Å². The van der Waals surface area contributed by atoms with E-state index in [0.29, 0.717) is 60.3 Å². The molecule has 0 radical (unpaired) electrons. The average Bonchev–Trinajstić information content (AvgIpc) is 4.30. The first-order chi connectivity index (χ1) is 37.2. The van der Waals surface area contributed by atoms with Crippen LogP contribution in [0.2, 0.25) is 0 Å². The lowest BCUT2D eigenvalue weighted by Gasteiger charge is -2.36. The molecule has 3 aliphatic heterocycles. The number of amides is 4. The summed E-state index contributed by atoms with van der Waals surface area (Å²) < 4.78 is 23.7. The third-order valence-corrected chi connectivity index (χ3v) is 15.9. The minimum Gasteiger partial charge on any atom is -0.508 e. The number of aromatic nitrogens is 1. The number of carbonyl (C=O) groups is 6. The van der Waals surface area contributed by atoms with Crippen LogP contribution in [0.4, 0.5) is 4.79 Å². The average molecular weight is 1100 g/mol. The van der Waals surface area contributed by atoms with Gasteiger partial charge in [0.2, 0.25) is 18.0 Å². The van der Waals surface area contributed by atoms with Crippen molar-refractivity contribution in [3.05, 3.63) is 127 Å². The summed E-state index contributed by atoms with van der Waals surface area (Å²) in [6.45, 7) is 13.5. The number of fused-ring (bicyclic) bond motifs is 7. The quantitative estimate of drug-likeness (QED) is 0.0258. The number of phenols is 4. The number of hydrogen-bond donors (Lipinski definition) is 6. The number of ether oxygens (including phenoxy) is 4. The van der Waals surface area contributed by atoms with E-state index in [4.69, 9.17) is 18.9 Å². The summed E-state index contributed by atoms with van der Waals surface area (Å²) in [6.07, 6.45) is -1.26. The molecule has 5 aromatic carbocycles. The second-order valence-electron chi connectivity index (χ2n) is 19.5. The Labute approximate surface area is 454 Å². The van der Waals surface area contributed by atoms with Crippen LogP contribution in [0.5, 0.6) is 40.2 Å². The molecule has 4 heterocycles. The van der Waals surface area contributed by atoms with E-state index in [9.17, 15) is 49.2 Å². The van der Waals surface area contributed by atoms with Gasteiger partial charge in [-0.2, -0.15) is 0 Å². The van der Waals surface area contributed by atoms with E-state index in [-0.39, 0.29) is 126 Å². The third-order valence-electron chi connectivity index (χ3n) is 13.8. The Hall–Kier alpha value is -8.63. The maximum atomic E-state index is 13.9. The first-order valence-electron chi connectivity index (χ1n) is 24.6. The van der Waals surface area contributed by atoms with Gasteiger partial charge in [0.15, 0.2) is 5.60 Å². The van der Waals surface area contributed by atoms with E-state index >= 15 is 0 Å². The van der Waals surface area contributed by atoms with Gasteiger partial charge in [-0.3, -0.25) is 19.2 Å². The van der Waals surface area contributed by atoms with Crippen molar-refractivity contribution in [1.29, 1.82) is 0 Å². The summed E-state index contributed by atoms with van der Waals surface area (Å²) in [7, 11) is 1.58. The van der Waals surface area contributed by atoms with Gasteiger partial charge < -0.3 is 59.8 Å². The van der Waals surface area contributed by atoms with Gasteiger partial charge in [0.25, 0.3) is 12.4 Å². The molecule has 1 spiro atoms. The van der Waals surface area contributed by atoms with Gasteiger partial charge in [-0.1, -0.05) is 44.8 Å². The van der Waals surface area contributed by atoms with Gasteiger partial charge in [0.1, 0.15) is 50.3 Å². The van der Waals surface area contributed by atoms with Crippen LogP contribution in [0.1, 0.15) is 86.7 Å². The molecule has 6 aromatic rings. The number of nitrogens with one attached hydrogen (secondary N) is 2. The fraction of sp³-hybridized carbons (Fsp3) is 0.286. The zero-order valence-corrected chi connectivity index (χ0v) is 44.5. The standard InChI is InChI=1S/C56H54N6O14S2/c1-29-30(2)49(69)47(31(3)48(29)68)55(4,5)26-46(67)61(6)20-21-62(54(72)74-35-12-16-40-43(25-35)78-52(59-40)51-60-45(27-77-51)73-28-63)19-7-8-44(66)57-17-18-58-50(70)32-9-13-37-36(22-32)53(71)76-56(37)38-14-10-33(64)23-41(38)75-42-24-34(65)11-15-39(42)56/h9-16,22-25,28,45,64-65,68-69H,2-3,7-8,17-21,26-27H2,1,4-6H3,(H,57,66)(H,58,70). The molecule has 0 saturated carbocycles. The number of likely N-dealkylation sites (N-methyl/N-ethyl adjacent to an activating group) is 1. The van der Waals surface area contributed by atoms with Crippen molar-refractivity contribution >= 4 is 87.8 Å². The number of carbonyl (C=O) groups excluding carboxylic acids is 6. The molecule has 1 atom stereocenters. The van der Waals surface area contributed by atoms with E-state index in [2.05, 4.69) is 33.8 Å². The number of nitrogens with zero attached hydrogens (tertiary/aromatic N) is 4. The molecule has 20 nitrogen and oxygen atoms in total. The molecule has 0 saturated heterocycles. The molecule has 404 valence electrons. The summed E-state index contributed by atoms with van der Waals surface area (Å²) in [6, 6.07) is 18.4. The van der Waals surface area contributed by atoms with Crippen LogP contribution in [0.3, 0.4) is 0 Å². The molecule has 3 aliphatic rings. The first kappa shape index (κ1) is 54.2. The maximum Gasteiger partial charge on any atom is 0.415 e. The summed E-state index contributed by atoms with van der Waals surface area (Å²) in [5.41, 5.74) is 0.418. The van der Waals surface area contributed by atoms with Crippen molar-refractivity contribution in [2.24, 2.45) is 4.99 Å². The van der Waals surface area contributed by atoms with Crippen LogP contribution in [-0.2, 0) is 34.9 Å². The number of hydrogen-bond acceptors (Lipinski definition) is 18. The number of rotatable bonds is 18. The van der Waals surface area contributed by atoms with Gasteiger partial charge in [-0.05, 0) is 61.9 Å². The number of aromatic hydroxyl groups is 4. The molecule has 4 amide bonds. The highest BCUT2D eigenvalue weighted by Crippen LogP contribution is 2.57. The summed E-state index contributed by atoms with van der Waals surface area (Å²) in [4.78, 5) is 90.5. The topological polar surface area (TPSA) is 276 Å². The molecular weight excluding hydrogens is 1040 g/mol. The van der Waals surface area contributed by atoms with Crippen LogP contribution < -0.4 is 30.5 Å². The predicted molar refractivity (Wildman–Crippen MR) is 290 cm³/mol. The molecule has 9 rings (SSSR count). The van der Waals surface area contributed by atoms with Crippen molar-refractivity contribution in [2.75, 3.05) is 45.5 Å². The molecule has 22 heteroatoms. The van der Waals surface area contributed by atoms with E-state index in [1.165, 1.54) is 63.2 Å². The fourth-order valence-corrected chi connectivity index (χ4v) is 11.7. The fourth-order valence-electron chi connectivity index (χ4n) is 9.66. The van der Waals surface area contributed by atoms with Crippen LogP contribution in [0.15, 0.2) is 77.8 Å².